The van der Waals surface area contributed by atoms with Crippen molar-refractivity contribution in [2.75, 3.05) is 13.2 Å². The zero-order valence-electron chi connectivity index (χ0n) is 20.3. The van der Waals surface area contributed by atoms with Crippen molar-refractivity contribution in [3.63, 3.8) is 0 Å². The Hall–Kier alpha value is -3.91. The highest BCUT2D eigenvalue weighted by Crippen LogP contribution is 2.35. The molecule has 8 nitrogen and oxygen atoms in total. The maximum absolute atomic E-state index is 12.6. The summed E-state index contributed by atoms with van der Waals surface area (Å²) in [7, 11) is 0. The molecule has 0 fully saturated rings. The number of nitrogens with one attached hydrogen (secondary N) is 1. The van der Waals surface area contributed by atoms with Gasteiger partial charge in [0, 0.05) is 18.7 Å². The number of hydrogen-bond donors (Lipinski definition) is 1. The molecule has 1 N–H and O–H groups in total. The zero-order valence-corrected chi connectivity index (χ0v) is 22.4. The van der Waals surface area contributed by atoms with E-state index in [-0.39, 0.29) is 17.9 Å². The first-order valence-corrected chi connectivity index (χ1v) is 12.8. The molecule has 0 aliphatic rings. The summed E-state index contributed by atoms with van der Waals surface area (Å²) in [4.78, 5) is 23.2. The summed E-state index contributed by atoms with van der Waals surface area (Å²) in [5, 5.41) is 23.4. The molecular weight excluding hydrogens is 585 g/mol. The summed E-state index contributed by atoms with van der Waals surface area (Å²) in [6.07, 6.45) is 3.11. The van der Waals surface area contributed by atoms with Crippen LogP contribution in [-0.2, 0) is 17.8 Å². The maximum Gasteiger partial charge on any atom is 0.269 e. The number of benzene rings is 3. The largest absolute Gasteiger partial charge is 0.490 e. The lowest BCUT2D eigenvalue weighted by Crippen LogP contribution is -2.25. The first kappa shape index (κ1) is 27.7. The lowest BCUT2D eigenvalue weighted by Gasteiger charge is -2.15. The first-order valence-electron chi connectivity index (χ1n) is 11.7. The summed E-state index contributed by atoms with van der Waals surface area (Å²) in [6.45, 7) is 2.79. The molecule has 190 valence electrons. The molecule has 0 aromatic heterocycles. The number of rotatable bonds is 12. The number of non-ortho nitro benzene ring substituents is 1. The molecule has 0 aliphatic heterocycles. The number of ether oxygens (including phenoxy) is 2. The van der Waals surface area contributed by atoms with Gasteiger partial charge in [0.2, 0.25) is 0 Å². The molecule has 0 saturated heterocycles. The number of amides is 1. The van der Waals surface area contributed by atoms with E-state index in [1.54, 1.807) is 24.3 Å². The lowest BCUT2D eigenvalue weighted by molar-refractivity contribution is -0.384. The number of nitro benzene ring substituents is 1. The van der Waals surface area contributed by atoms with E-state index >= 15 is 0 Å². The normalized spacial score (nSPS) is 10.9. The van der Waals surface area contributed by atoms with Gasteiger partial charge in [-0.3, -0.25) is 14.9 Å². The number of aryl methyl sites for hydroxylation is 1. The molecule has 0 heterocycles. The Labute approximate surface area is 229 Å². The van der Waals surface area contributed by atoms with E-state index in [9.17, 15) is 20.2 Å². The minimum absolute atomic E-state index is 0.0105. The van der Waals surface area contributed by atoms with Crippen molar-refractivity contribution in [1.82, 2.24) is 5.32 Å². The molecule has 0 saturated carbocycles. The second-order valence-corrected chi connectivity index (χ2v) is 9.16. The van der Waals surface area contributed by atoms with Gasteiger partial charge in [0.15, 0.2) is 11.5 Å². The van der Waals surface area contributed by atoms with E-state index in [1.807, 2.05) is 43.3 Å². The van der Waals surface area contributed by atoms with Gasteiger partial charge in [-0.25, -0.2) is 0 Å². The van der Waals surface area contributed by atoms with Gasteiger partial charge >= 0.3 is 0 Å². The van der Waals surface area contributed by atoms with Crippen LogP contribution in [0.3, 0.4) is 0 Å². The maximum atomic E-state index is 12.6. The smallest absolute Gasteiger partial charge is 0.269 e. The number of carbonyl (C=O) groups is 1. The molecule has 0 aliphatic carbocycles. The Kier molecular flexibility index (Phi) is 10.5. The Morgan fingerprint density at radius 2 is 1.86 bits per heavy atom. The fourth-order valence-electron chi connectivity index (χ4n) is 3.54. The molecule has 37 heavy (non-hydrogen) atoms. The molecular formula is C28H26IN3O5. The third-order valence-corrected chi connectivity index (χ3v) is 6.08. The second kappa shape index (κ2) is 14.0. The highest BCUT2D eigenvalue weighted by Gasteiger charge is 2.15. The predicted octanol–water partition coefficient (Wildman–Crippen LogP) is 5.83. The Bertz CT molecular complexity index is 1320. The molecule has 3 aromatic rings. The van der Waals surface area contributed by atoms with Crippen LogP contribution in [0, 0.1) is 25.0 Å². The van der Waals surface area contributed by atoms with E-state index in [1.165, 1.54) is 23.8 Å². The molecule has 1 amide bonds. The van der Waals surface area contributed by atoms with Crippen molar-refractivity contribution in [3.05, 3.63) is 103 Å². The van der Waals surface area contributed by atoms with Crippen LogP contribution in [0.25, 0.3) is 6.08 Å². The summed E-state index contributed by atoms with van der Waals surface area (Å²) in [5.41, 5.74) is 2.43. The van der Waals surface area contributed by atoms with Crippen LogP contribution < -0.4 is 14.8 Å². The second-order valence-electron chi connectivity index (χ2n) is 7.99. The topological polar surface area (TPSA) is 114 Å². The van der Waals surface area contributed by atoms with E-state index < -0.39 is 10.8 Å². The van der Waals surface area contributed by atoms with Gasteiger partial charge in [0.1, 0.15) is 18.2 Å². The summed E-state index contributed by atoms with van der Waals surface area (Å²) < 4.78 is 12.4. The van der Waals surface area contributed by atoms with Crippen LogP contribution in [0.1, 0.15) is 30.0 Å². The lowest BCUT2D eigenvalue weighted by atomic mass is 10.1. The van der Waals surface area contributed by atoms with E-state index in [0.717, 1.165) is 12.8 Å². The Morgan fingerprint density at radius 1 is 1.11 bits per heavy atom. The summed E-state index contributed by atoms with van der Waals surface area (Å²) in [5.74, 6) is 0.496. The Balaban J connectivity index is 1.70. The standard InChI is InChI=1S/C28H26IN3O5/c1-2-36-26-17-22(14-23(18-30)28(33)31-13-7-11-20-8-4-3-5-9-20)16-25(29)27(26)37-19-21-10-6-12-24(15-21)32(34)35/h3-6,8-10,12,14-17H,2,7,11,13,19H2,1H3,(H,31,33)/b23-14-. The SMILES string of the molecule is CCOc1cc(/C=C(/C#N)C(=O)NCCCc2ccccc2)cc(I)c1OCc1cccc([N+](=O)[O-])c1. The van der Waals surface area contributed by atoms with Crippen LogP contribution in [-0.4, -0.2) is 24.0 Å². The van der Waals surface area contributed by atoms with Crippen LogP contribution in [0.15, 0.2) is 72.3 Å². The fraction of sp³-hybridized carbons (Fsp3) is 0.214. The predicted molar refractivity (Wildman–Crippen MR) is 149 cm³/mol. The van der Waals surface area contributed by atoms with Gasteiger partial charge in [0.25, 0.3) is 11.6 Å². The number of nitro groups is 1. The quantitative estimate of drug-likeness (QED) is 0.0688. The van der Waals surface area contributed by atoms with Crippen molar-refractivity contribution >= 4 is 40.3 Å². The van der Waals surface area contributed by atoms with Gasteiger partial charge in [-0.2, -0.15) is 5.26 Å². The molecule has 3 rings (SSSR count). The van der Waals surface area contributed by atoms with E-state index in [2.05, 4.69) is 27.9 Å². The van der Waals surface area contributed by atoms with Crippen molar-refractivity contribution in [2.45, 2.75) is 26.4 Å². The van der Waals surface area contributed by atoms with Crippen molar-refractivity contribution in [1.29, 1.82) is 5.26 Å². The van der Waals surface area contributed by atoms with Crippen LogP contribution in [0.2, 0.25) is 0 Å². The van der Waals surface area contributed by atoms with E-state index in [4.69, 9.17) is 9.47 Å². The zero-order chi connectivity index (χ0) is 26.6. The molecule has 3 aromatic carbocycles. The van der Waals surface area contributed by atoms with Gasteiger partial charge in [-0.1, -0.05) is 42.5 Å². The van der Waals surface area contributed by atoms with Crippen molar-refractivity contribution in [3.8, 4) is 17.6 Å². The molecule has 0 bridgehead atoms. The number of hydrogen-bond acceptors (Lipinski definition) is 6. The van der Waals surface area contributed by atoms with Crippen LogP contribution in [0.4, 0.5) is 5.69 Å². The van der Waals surface area contributed by atoms with Gasteiger partial charge in [-0.05, 0) is 77.3 Å². The molecule has 0 atom stereocenters. The number of nitrogens with zero attached hydrogens (tertiary/aromatic N) is 2. The Morgan fingerprint density at radius 3 is 2.57 bits per heavy atom. The molecule has 9 heteroatoms. The minimum atomic E-state index is -0.452. The van der Waals surface area contributed by atoms with Crippen molar-refractivity contribution < 1.29 is 19.2 Å². The average molecular weight is 611 g/mol. The highest BCUT2D eigenvalue weighted by molar-refractivity contribution is 14.1. The summed E-state index contributed by atoms with van der Waals surface area (Å²) >= 11 is 2.09. The monoisotopic (exact) mass is 611 g/mol. The number of nitriles is 1. The van der Waals surface area contributed by atoms with Gasteiger partial charge < -0.3 is 14.8 Å². The first-order chi connectivity index (χ1) is 17.9. The third-order valence-electron chi connectivity index (χ3n) is 5.28. The van der Waals surface area contributed by atoms with Crippen molar-refractivity contribution in [2.24, 2.45) is 0 Å². The fourth-order valence-corrected chi connectivity index (χ4v) is 4.32. The van der Waals surface area contributed by atoms with Gasteiger partial charge in [-0.15, -0.1) is 0 Å². The molecule has 0 spiro atoms. The van der Waals surface area contributed by atoms with E-state index in [0.29, 0.717) is 39.3 Å². The number of halogens is 1. The average Bonchev–Trinajstić information content (AvgIpc) is 2.90. The minimum Gasteiger partial charge on any atom is -0.490 e. The third kappa shape index (κ3) is 8.32. The number of carbonyl (C=O) groups excluding carboxylic acids is 1. The molecule has 0 unspecified atom stereocenters. The van der Waals surface area contributed by atoms with Crippen LogP contribution >= 0.6 is 22.6 Å². The molecule has 0 radical (unpaired) electrons. The summed E-state index contributed by atoms with van der Waals surface area (Å²) in [6, 6.07) is 21.7. The highest BCUT2D eigenvalue weighted by atomic mass is 127. The van der Waals surface area contributed by atoms with Gasteiger partial charge in [0.05, 0.1) is 15.1 Å². The van der Waals surface area contributed by atoms with Crippen LogP contribution in [0.5, 0.6) is 11.5 Å².